The van der Waals surface area contributed by atoms with E-state index >= 15 is 0 Å². The van der Waals surface area contributed by atoms with Gasteiger partial charge in [0, 0.05) is 12.4 Å². The van der Waals surface area contributed by atoms with E-state index in [1.807, 2.05) is 0 Å². The number of hydrogen-bond donors (Lipinski definition) is 2. The summed E-state index contributed by atoms with van der Waals surface area (Å²) in [5.41, 5.74) is 12.7. The largest absolute Gasteiger partial charge is 0.299 e. The van der Waals surface area contributed by atoms with Gasteiger partial charge in [-0.15, -0.1) is 0 Å². The summed E-state index contributed by atoms with van der Waals surface area (Å²) < 4.78 is -1.22. The maximum absolute atomic E-state index is 5.66. The first kappa shape index (κ1) is 9.38. The summed E-state index contributed by atoms with van der Waals surface area (Å²) in [5, 5.41) is 0. The van der Waals surface area contributed by atoms with Crippen molar-refractivity contribution in [3.8, 4) is 0 Å². The van der Waals surface area contributed by atoms with Gasteiger partial charge in [0.05, 0.1) is 0 Å². The summed E-state index contributed by atoms with van der Waals surface area (Å²) >= 11 is 3.11. The lowest BCUT2D eigenvalue weighted by atomic mass is 10.3. The highest BCUT2D eigenvalue weighted by Gasteiger charge is 2.23. The van der Waals surface area contributed by atoms with E-state index < -0.39 is 4.57 Å². The Hall–Kier alpha value is -1.18. The molecule has 0 unspecified atom stereocenters. The molecule has 0 aliphatic heterocycles. The fourth-order valence-electron chi connectivity index (χ4n) is 1.08. The molecule has 0 saturated carbocycles. The number of aromatic nitrogens is 4. The molecule has 0 aromatic carbocycles. The van der Waals surface area contributed by atoms with Crippen molar-refractivity contribution in [2.45, 2.75) is 4.57 Å². The van der Waals surface area contributed by atoms with Crippen LogP contribution in [-0.2, 0) is 4.57 Å². The summed E-state index contributed by atoms with van der Waals surface area (Å²) in [6.07, 6.45) is 4.43. The zero-order valence-corrected chi connectivity index (χ0v) is 8.64. The summed E-state index contributed by atoms with van der Waals surface area (Å²) in [7, 11) is 0. The van der Waals surface area contributed by atoms with E-state index in [1.54, 1.807) is 6.20 Å². The Morgan fingerprint density at radius 2 is 1.79 bits per heavy atom. The molecule has 0 fully saturated rings. The third-order valence-electron chi connectivity index (χ3n) is 1.63. The smallest absolute Gasteiger partial charge is 0.181 e. The van der Waals surface area contributed by atoms with Gasteiger partial charge in [-0.05, 0) is 15.9 Å². The van der Waals surface area contributed by atoms with Crippen molar-refractivity contribution < 1.29 is 0 Å². The summed E-state index contributed by atoms with van der Waals surface area (Å²) in [5.74, 6) is 0. The molecular formula is C7H7BrN6. The van der Waals surface area contributed by atoms with E-state index in [1.165, 1.54) is 12.5 Å². The van der Waals surface area contributed by atoms with Gasteiger partial charge >= 0.3 is 0 Å². The Labute approximate surface area is 87.9 Å². The topological polar surface area (TPSA) is 104 Å². The minimum absolute atomic E-state index is 0.413. The molecular weight excluding hydrogens is 248 g/mol. The Bertz CT molecular complexity index is 460. The molecule has 2 rings (SSSR count). The minimum Gasteiger partial charge on any atom is -0.299 e. The normalized spacial score (nSPS) is 11.9. The fourth-order valence-corrected chi connectivity index (χ4v) is 1.37. The van der Waals surface area contributed by atoms with Crippen LogP contribution in [0.25, 0.3) is 11.2 Å². The van der Waals surface area contributed by atoms with Crippen molar-refractivity contribution in [2.75, 3.05) is 0 Å². The van der Waals surface area contributed by atoms with E-state index in [4.69, 9.17) is 11.5 Å². The third-order valence-corrected chi connectivity index (χ3v) is 2.01. The van der Waals surface area contributed by atoms with Crippen LogP contribution in [-0.4, -0.2) is 19.9 Å². The molecule has 6 nitrogen and oxygen atoms in total. The highest BCUT2D eigenvalue weighted by Crippen LogP contribution is 2.21. The molecule has 0 aliphatic carbocycles. The minimum atomic E-state index is -1.22. The van der Waals surface area contributed by atoms with Crippen LogP contribution in [0.4, 0.5) is 0 Å². The maximum atomic E-state index is 5.66. The number of alkyl halides is 1. The second-order valence-electron chi connectivity index (χ2n) is 2.72. The number of nitrogens with two attached hydrogens (primary N) is 2. The maximum Gasteiger partial charge on any atom is 0.181 e. The number of rotatable bonds is 1. The number of fused-ring (bicyclic) bond motifs is 1. The van der Waals surface area contributed by atoms with E-state index in [9.17, 15) is 0 Å². The molecule has 2 aromatic rings. The predicted octanol–water partition coefficient (Wildman–Crippen LogP) is -0.158. The quantitative estimate of drug-likeness (QED) is 0.417. The second kappa shape index (κ2) is 3.19. The summed E-state index contributed by atoms with van der Waals surface area (Å²) in [4.78, 5) is 16.0. The molecule has 2 aromatic heterocycles. The Balaban J connectivity index is 2.78. The van der Waals surface area contributed by atoms with Gasteiger partial charge in [0.25, 0.3) is 0 Å². The molecule has 0 aliphatic rings. The fraction of sp³-hybridized carbons (Fsp3) is 0.143. The first-order chi connectivity index (χ1) is 6.59. The predicted molar refractivity (Wildman–Crippen MR) is 54.1 cm³/mol. The van der Waals surface area contributed by atoms with Crippen molar-refractivity contribution in [3.63, 3.8) is 0 Å². The standard InChI is InChI=1S/C7H7BrN6/c8-7(9,10)5-4-6(14-3-13-5)12-2-1-11-4/h1-3H,9-10H2. The van der Waals surface area contributed by atoms with E-state index in [0.717, 1.165) is 0 Å². The molecule has 72 valence electrons. The van der Waals surface area contributed by atoms with Crippen molar-refractivity contribution in [3.05, 3.63) is 24.4 Å². The van der Waals surface area contributed by atoms with Gasteiger partial charge in [0.2, 0.25) is 0 Å². The van der Waals surface area contributed by atoms with Gasteiger partial charge < -0.3 is 0 Å². The van der Waals surface area contributed by atoms with Crippen molar-refractivity contribution in [1.82, 2.24) is 19.9 Å². The summed E-state index contributed by atoms with van der Waals surface area (Å²) in [6.45, 7) is 0. The molecule has 4 N–H and O–H groups in total. The van der Waals surface area contributed by atoms with Crippen LogP contribution in [0, 0.1) is 0 Å². The van der Waals surface area contributed by atoms with E-state index in [-0.39, 0.29) is 0 Å². The first-order valence-corrected chi connectivity index (χ1v) is 4.57. The average Bonchev–Trinajstić information content (AvgIpc) is 2.15. The van der Waals surface area contributed by atoms with Crippen LogP contribution >= 0.6 is 15.9 Å². The lowest BCUT2D eigenvalue weighted by Gasteiger charge is -2.15. The van der Waals surface area contributed by atoms with E-state index in [2.05, 4.69) is 35.9 Å². The van der Waals surface area contributed by atoms with Crippen LogP contribution in [0.15, 0.2) is 18.7 Å². The van der Waals surface area contributed by atoms with Gasteiger partial charge in [-0.2, -0.15) is 0 Å². The van der Waals surface area contributed by atoms with Crippen LogP contribution in [0.5, 0.6) is 0 Å². The molecule has 2 heterocycles. The second-order valence-corrected chi connectivity index (χ2v) is 4.03. The number of halogens is 1. The summed E-state index contributed by atoms with van der Waals surface area (Å²) in [6, 6.07) is 0. The third kappa shape index (κ3) is 1.57. The van der Waals surface area contributed by atoms with Crippen molar-refractivity contribution in [2.24, 2.45) is 11.5 Å². The molecule has 0 spiro atoms. The lowest BCUT2D eigenvalue weighted by Crippen LogP contribution is -2.40. The van der Waals surface area contributed by atoms with Gasteiger partial charge in [-0.3, -0.25) is 11.5 Å². The molecule has 0 bridgehead atoms. The van der Waals surface area contributed by atoms with Gasteiger partial charge in [0.15, 0.2) is 10.2 Å². The molecule has 0 saturated heterocycles. The molecule has 0 atom stereocenters. The van der Waals surface area contributed by atoms with E-state index in [0.29, 0.717) is 16.9 Å². The number of nitrogens with zero attached hydrogens (tertiary/aromatic N) is 4. The van der Waals surface area contributed by atoms with Crippen molar-refractivity contribution in [1.29, 1.82) is 0 Å². The highest BCUT2D eigenvalue weighted by atomic mass is 79.9. The van der Waals surface area contributed by atoms with Crippen LogP contribution in [0.2, 0.25) is 0 Å². The highest BCUT2D eigenvalue weighted by molar-refractivity contribution is 9.09. The van der Waals surface area contributed by atoms with Gasteiger partial charge in [0.1, 0.15) is 17.5 Å². The zero-order valence-electron chi connectivity index (χ0n) is 7.05. The van der Waals surface area contributed by atoms with Crippen LogP contribution in [0.1, 0.15) is 5.69 Å². The molecule has 0 radical (unpaired) electrons. The van der Waals surface area contributed by atoms with Gasteiger partial charge in [-0.25, -0.2) is 19.9 Å². The molecule has 7 heteroatoms. The first-order valence-electron chi connectivity index (χ1n) is 3.78. The Morgan fingerprint density at radius 1 is 1.07 bits per heavy atom. The van der Waals surface area contributed by atoms with Crippen LogP contribution in [0.3, 0.4) is 0 Å². The monoisotopic (exact) mass is 254 g/mol. The van der Waals surface area contributed by atoms with Gasteiger partial charge in [-0.1, -0.05) is 0 Å². The SMILES string of the molecule is NC(N)(Br)c1ncnc2nccnc12. The Kier molecular flexibility index (Phi) is 2.14. The molecule has 0 amide bonds. The van der Waals surface area contributed by atoms with Crippen molar-refractivity contribution >= 4 is 27.1 Å². The zero-order chi connectivity index (χ0) is 10.2. The molecule has 14 heavy (non-hydrogen) atoms. The number of hydrogen-bond acceptors (Lipinski definition) is 6. The average molecular weight is 255 g/mol. The lowest BCUT2D eigenvalue weighted by molar-refractivity contribution is 0.688. The Morgan fingerprint density at radius 3 is 2.50 bits per heavy atom. The van der Waals surface area contributed by atoms with Crippen LogP contribution < -0.4 is 11.5 Å².